The lowest BCUT2D eigenvalue weighted by molar-refractivity contribution is -0.123. The minimum absolute atomic E-state index is 0.0909. The third kappa shape index (κ3) is 6.70. The molecule has 2 aliphatic rings. The van der Waals surface area contributed by atoms with Crippen LogP contribution in [0.5, 0.6) is 0 Å². The number of carbonyl (C=O) groups excluding carboxylic acids is 1. The molecule has 0 aromatic carbocycles. The average molecular weight is 370 g/mol. The molecule has 0 spiro atoms. The summed E-state index contributed by atoms with van der Waals surface area (Å²) in [5, 5.41) is 3.52. The summed E-state index contributed by atoms with van der Waals surface area (Å²) in [7, 11) is 1.87. The molecule has 0 atom stereocenters. The molecule has 0 unspecified atom stereocenters. The molecule has 0 radical (unpaired) electrons. The Hall–Kier alpha value is -0.950. The van der Waals surface area contributed by atoms with E-state index in [-0.39, 0.29) is 11.8 Å². The number of nitrogens with zero attached hydrogens (tertiary/aromatic N) is 3. The van der Waals surface area contributed by atoms with Gasteiger partial charge in [-0.2, -0.15) is 11.8 Å². The van der Waals surface area contributed by atoms with Crippen molar-refractivity contribution < 1.29 is 4.79 Å². The largest absolute Gasteiger partial charge is 0.369 e. The van der Waals surface area contributed by atoms with Gasteiger partial charge in [0, 0.05) is 43.1 Å². The first kappa shape index (κ1) is 20.4. The zero-order valence-corrected chi connectivity index (χ0v) is 16.9. The number of carbonyl (C=O) groups is 1. The molecular formula is C18H35N5OS. The number of likely N-dealkylation sites (tertiary alicyclic amines) is 1. The Kier molecular flexibility index (Phi) is 7.87. The summed E-state index contributed by atoms with van der Waals surface area (Å²) in [6.45, 7) is 10.8. The van der Waals surface area contributed by atoms with Crippen molar-refractivity contribution >= 4 is 23.6 Å². The normalized spacial score (nSPS) is 22.8. The Labute approximate surface area is 157 Å². The number of unbranched alkanes of at least 4 members (excludes halogenated alkanes) is 1. The summed E-state index contributed by atoms with van der Waals surface area (Å²) in [5.41, 5.74) is 5.39. The zero-order valence-electron chi connectivity index (χ0n) is 16.1. The van der Waals surface area contributed by atoms with Gasteiger partial charge in [-0.05, 0) is 59.2 Å². The molecular weight excluding hydrogens is 334 g/mol. The first-order valence-corrected chi connectivity index (χ1v) is 10.5. The summed E-state index contributed by atoms with van der Waals surface area (Å²) in [4.78, 5) is 20.5. The van der Waals surface area contributed by atoms with E-state index in [0.29, 0.717) is 4.75 Å². The molecule has 2 saturated heterocycles. The van der Waals surface area contributed by atoms with Crippen molar-refractivity contribution in [3.63, 3.8) is 0 Å². The van der Waals surface area contributed by atoms with Gasteiger partial charge in [-0.15, -0.1) is 0 Å². The fourth-order valence-electron chi connectivity index (χ4n) is 3.63. The number of nitrogens with two attached hydrogens (primary N) is 1. The number of rotatable bonds is 6. The van der Waals surface area contributed by atoms with Crippen molar-refractivity contribution in [2.45, 2.75) is 44.3 Å². The third-order valence-corrected chi connectivity index (χ3v) is 6.41. The van der Waals surface area contributed by atoms with Gasteiger partial charge < -0.3 is 20.9 Å². The number of primary amides is 1. The summed E-state index contributed by atoms with van der Waals surface area (Å²) >= 11 is 2.04. The molecule has 0 saturated carbocycles. The van der Waals surface area contributed by atoms with Gasteiger partial charge in [0.1, 0.15) is 0 Å². The molecule has 2 aliphatic heterocycles. The van der Waals surface area contributed by atoms with Gasteiger partial charge in [-0.25, -0.2) is 0 Å². The van der Waals surface area contributed by atoms with Crippen molar-refractivity contribution in [3.05, 3.63) is 0 Å². The van der Waals surface area contributed by atoms with Crippen LogP contribution in [0.2, 0.25) is 0 Å². The van der Waals surface area contributed by atoms with Crippen LogP contribution in [0.1, 0.15) is 39.5 Å². The van der Waals surface area contributed by atoms with E-state index < -0.39 is 0 Å². The van der Waals surface area contributed by atoms with Gasteiger partial charge in [-0.3, -0.25) is 9.79 Å². The summed E-state index contributed by atoms with van der Waals surface area (Å²) in [6.07, 6.45) is 4.15. The molecule has 0 aromatic heterocycles. The van der Waals surface area contributed by atoms with Crippen LogP contribution in [0.25, 0.3) is 0 Å². The lowest BCUT2D eigenvalue weighted by Crippen LogP contribution is -2.51. The number of hydrogen-bond acceptors (Lipinski definition) is 4. The zero-order chi connectivity index (χ0) is 18.3. The van der Waals surface area contributed by atoms with Crippen LogP contribution in [-0.2, 0) is 4.79 Å². The van der Waals surface area contributed by atoms with Crippen LogP contribution < -0.4 is 11.1 Å². The fraction of sp³-hybridized carbons (Fsp3) is 0.889. The molecule has 6 nitrogen and oxygen atoms in total. The average Bonchev–Trinajstić information content (AvgIpc) is 2.57. The summed E-state index contributed by atoms with van der Waals surface area (Å²) < 4.78 is 0.299. The molecule has 3 N–H and O–H groups in total. The van der Waals surface area contributed by atoms with E-state index in [2.05, 4.69) is 34.0 Å². The lowest BCUT2D eigenvalue weighted by atomic mass is 9.96. The van der Waals surface area contributed by atoms with E-state index in [1.165, 1.54) is 6.42 Å². The number of hydrogen-bond donors (Lipinski definition) is 2. The number of piperidine rings is 1. The van der Waals surface area contributed by atoms with E-state index in [1.807, 2.05) is 18.8 Å². The van der Waals surface area contributed by atoms with E-state index in [9.17, 15) is 4.79 Å². The molecule has 2 heterocycles. The number of aliphatic imine (C=N–C) groups is 1. The third-order valence-electron chi connectivity index (χ3n) is 5.11. The molecule has 7 heteroatoms. The monoisotopic (exact) mass is 369 g/mol. The lowest BCUT2D eigenvalue weighted by Gasteiger charge is -2.39. The number of nitrogens with one attached hydrogen (secondary N) is 1. The topological polar surface area (TPSA) is 74.0 Å². The van der Waals surface area contributed by atoms with E-state index >= 15 is 0 Å². The van der Waals surface area contributed by atoms with Gasteiger partial charge in [0.25, 0.3) is 0 Å². The highest BCUT2D eigenvalue weighted by atomic mass is 32.2. The minimum Gasteiger partial charge on any atom is -0.369 e. The smallest absolute Gasteiger partial charge is 0.220 e. The predicted molar refractivity (Wildman–Crippen MR) is 107 cm³/mol. The molecule has 2 fully saturated rings. The van der Waals surface area contributed by atoms with Crippen LogP contribution in [0.4, 0.5) is 0 Å². The maximum Gasteiger partial charge on any atom is 0.220 e. The Morgan fingerprint density at radius 3 is 2.60 bits per heavy atom. The fourth-order valence-corrected chi connectivity index (χ4v) is 4.74. The van der Waals surface area contributed by atoms with Crippen molar-refractivity contribution in [2.24, 2.45) is 16.6 Å². The quantitative estimate of drug-likeness (QED) is 0.420. The highest BCUT2D eigenvalue weighted by Crippen LogP contribution is 2.29. The molecule has 0 aliphatic carbocycles. The van der Waals surface area contributed by atoms with Crippen molar-refractivity contribution in [1.82, 2.24) is 15.1 Å². The Bertz CT molecular complexity index is 460. The maximum absolute atomic E-state index is 11.2. The van der Waals surface area contributed by atoms with E-state index in [1.54, 1.807) is 0 Å². The van der Waals surface area contributed by atoms with Gasteiger partial charge in [-0.1, -0.05) is 0 Å². The Balaban J connectivity index is 1.60. The second-order valence-corrected chi connectivity index (χ2v) is 9.53. The van der Waals surface area contributed by atoms with E-state index in [0.717, 1.165) is 70.2 Å². The Morgan fingerprint density at radius 2 is 2.00 bits per heavy atom. The molecule has 0 aromatic rings. The molecule has 1 amide bonds. The van der Waals surface area contributed by atoms with Gasteiger partial charge in [0.05, 0.1) is 0 Å². The first-order valence-electron chi connectivity index (χ1n) is 9.52. The molecule has 144 valence electrons. The number of thioether (sulfide) groups is 1. The second-order valence-electron chi connectivity index (χ2n) is 7.73. The van der Waals surface area contributed by atoms with Gasteiger partial charge in [0.2, 0.25) is 5.91 Å². The standard InChI is InChI=1S/C18H35N5OS/c1-18(2)14-23(12-13-25-18)17(20-3)21-8-4-5-9-22-10-6-15(7-11-22)16(19)24/h15H,4-14H2,1-3H3,(H2,19,24)(H,20,21). The van der Waals surface area contributed by atoms with Crippen LogP contribution in [0.15, 0.2) is 4.99 Å². The molecule has 0 bridgehead atoms. The minimum atomic E-state index is -0.130. The highest BCUT2D eigenvalue weighted by Gasteiger charge is 2.28. The summed E-state index contributed by atoms with van der Waals surface area (Å²) in [5.74, 6) is 2.16. The summed E-state index contributed by atoms with van der Waals surface area (Å²) in [6, 6.07) is 0. The molecule has 25 heavy (non-hydrogen) atoms. The second kappa shape index (κ2) is 9.67. The van der Waals surface area contributed by atoms with Crippen molar-refractivity contribution in [3.8, 4) is 0 Å². The SMILES string of the molecule is CN=C(NCCCCN1CCC(C(N)=O)CC1)N1CCSC(C)(C)C1. The van der Waals surface area contributed by atoms with E-state index in [4.69, 9.17) is 5.73 Å². The Morgan fingerprint density at radius 1 is 1.28 bits per heavy atom. The van der Waals surface area contributed by atoms with Crippen LogP contribution in [0, 0.1) is 5.92 Å². The first-order chi connectivity index (χ1) is 11.9. The predicted octanol–water partition coefficient (Wildman–Crippen LogP) is 1.37. The van der Waals surface area contributed by atoms with Crippen LogP contribution in [-0.4, -0.2) is 78.5 Å². The number of guanidine groups is 1. The van der Waals surface area contributed by atoms with Crippen molar-refractivity contribution in [1.29, 1.82) is 0 Å². The highest BCUT2D eigenvalue weighted by molar-refractivity contribution is 8.00. The maximum atomic E-state index is 11.2. The van der Waals surface area contributed by atoms with Crippen LogP contribution >= 0.6 is 11.8 Å². The van der Waals surface area contributed by atoms with Crippen molar-refractivity contribution in [2.75, 3.05) is 52.1 Å². The number of amides is 1. The van der Waals surface area contributed by atoms with Gasteiger partial charge in [0.15, 0.2) is 5.96 Å². The molecule has 2 rings (SSSR count). The van der Waals surface area contributed by atoms with Crippen LogP contribution in [0.3, 0.4) is 0 Å². The van der Waals surface area contributed by atoms with Gasteiger partial charge >= 0.3 is 0 Å².